The Morgan fingerprint density at radius 2 is 1.96 bits per heavy atom. The van der Waals surface area contributed by atoms with Gasteiger partial charge >= 0.3 is 0 Å². The van der Waals surface area contributed by atoms with Crippen molar-refractivity contribution in [2.24, 2.45) is 7.05 Å². The summed E-state index contributed by atoms with van der Waals surface area (Å²) in [5.41, 5.74) is 4.93. The van der Waals surface area contributed by atoms with E-state index in [-0.39, 0.29) is 0 Å². The first kappa shape index (κ1) is 15.4. The molecular weight excluding hydrogens is 314 g/mol. The van der Waals surface area contributed by atoms with E-state index in [9.17, 15) is 0 Å². The van der Waals surface area contributed by atoms with E-state index in [2.05, 4.69) is 57.9 Å². The average molecular weight is 333 g/mol. The van der Waals surface area contributed by atoms with E-state index in [0.717, 1.165) is 27.9 Å². The van der Waals surface area contributed by atoms with Gasteiger partial charge in [0.25, 0.3) is 0 Å². The highest BCUT2D eigenvalue weighted by Gasteiger charge is 2.13. The quantitative estimate of drug-likeness (QED) is 0.575. The summed E-state index contributed by atoms with van der Waals surface area (Å²) >= 11 is 0. The molecule has 7 heteroatoms. The van der Waals surface area contributed by atoms with Gasteiger partial charge in [-0.1, -0.05) is 12.1 Å². The molecule has 0 radical (unpaired) electrons. The summed E-state index contributed by atoms with van der Waals surface area (Å²) < 4.78 is 2.13. The Hall–Kier alpha value is -3.09. The summed E-state index contributed by atoms with van der Waals surface area (Å²) in [6, 6.07) is 8.52. The van der Waals surface area contributed by atoms with Crippen LogP contribution in [0.5, 0.6) is 0 Å². The molecule has 4 rings (SSSR count). The summed E-state index contributed by atoms with van der Waals surface area (Å²) in [5.74, 6) is 0.599. The predicted octanol–water partition coefficient (Wildman–Crippen LogP) is 3.18. The van der Waals surface area contributed by atoms with E-state index in [4.69, 9.17) is 4.98 Å². The summed E-state index contributed by atoms with van der Waals surface area (Å²) in [7, 11) is 1.76. The molecule has 25 heavy (non-hydrogen) atoms. The van der Waals surface area contributed by atoms with Gasteiger partial charge in [0.15, 0.2) is 0 Å². The minimum Gasteiger partial charge on any atom is -0.327 e. The molecule has 0 atom stereocenters. The molecule has 3 heterocycles. The molecule has 7 nitrogen and oxygen atoms in total. The van der Waals surface area contributed by atoms with Gasteiger partial charge in [-0.15, -0.1) is 10.2 Å². The van der Waals surface area contributed by atoms with Crippen LogP contribution in [0.15, 0.2) is 36.8 Å². The van der Waals surface area contributed by atoms with Crippen LogP contribution in [0.25, 0.3) is 33.7 Å². The predicted molar refractivity (Wildman–Crippen MR) is 95.9 cm³/mol. The standard InChI is InChI=1S/C18H19N7/c1-11(2)25-10-19-9-17(25)16-7-12(3)14-6-5-13(8-15(14)20-16)18-21-23-24(4)22-18/h5-11H,1-4H3. The van der Waals surface area contributed by atoms with Crippen molar-refractivity contribution in [1.29, 1.82) is 0 Å². The molecule has 0 spiro atoms. The second kappa shape index (κ2) is 5.77. The van der Waals surface area contributed by atoms with Crippen LogP contribution in [0, 0.1) is 6.92 Å². The van der Waals surface area contributed by atoms with E-state index in [0.29, 0.717) is 11.9 Å². The first-order chi connectivity index (χ1) is 12.0. The van der Waals surface area contributed by atoms with Crippen LogP contribution in [0.2, 0.25) is 0 Å². The average Bonchev–Trinajstić information content (AvgIpc) is 3.23. The third-order valence-electron chi connectivity index (χ3n) is 4.27. The number of hydrogen-bond donors (Lipinski definition) is 0. The van der Waals surface area contributed by atoms with Gasteiger partial charge in [-0.3, -0.25) is 0 Å². The zero-order valence-corrected chi connectivity index (χ0v) is 14.7. The van der Waals surface area contributed by atoms with Crippen molar-refractivity contribution < 1.29 is 0 Å². The highest BCUT2D eigenvalue weighted by atomic mass is 15.6. The Balaban J connectivity index is 1.89. The Kier molecular flexibility index (Phi) is 3.56. The number of pyridine rings is 1. The molecule has 0 saturated heterocycles. The van der Waals surface area contributed by atoms with Crippen LogP contribution in [-0.2, 0) is 7.05 Å². The lowest BCUT2D eigenvalue weighted by molar-refractivity contribution is 0.604. The van der Waals surface area contributed by atoms with Crippen molar-refractivity contribution in [3.63, 3.8) is 0 Å². The van der Waals surface area contributed by atoms with E-state index < -0.39 is 0 Å². The molecule has 4 aromatic rings. The van der Waals surface area contributed by atoms with E-state index in [1.165, 1.54) is 10.4 Å². The number of aryl methyl sites for hydroxylation is 2. The zero-order valence-electron chi connectivity index (χ0n) is 14.7. The number of fused-ring (bicyclic) bond motifs is 1. The number of imidazole rings is 1. The third kappa shape index (κ3) is 2.67. The molecule has 1 aromatic carbocycles. The number of rotatable bonds is 3. The Bertz CT molecular complexity index is 1060. The lowest BCUT2D eigenvalue weighted by atomic mass is 10.1. The van der Waals surface area contributed by atoms with Crippen molar-refractivity contribution in [2.45, 2.75) is 26.8 Å². The third-order valence-corrected chi connectivity index (χ3v) is 4.27. The summed E-state index contributed by atoms with van der Waals surface area (Å²) in [4.78, 5) is 10.6. The number of nitrogens with zero attached hydrogens (tertiary/aromatic N) is 7. The number of benzene rings is 1. The molecule has 0 aliphatic heterocycles. The smallest absolute Gasteiger partial charge is 0.204 e. The van der Waals surface area contributed by atoms with Gasteiger partial charge in [-0.2, -0.15) is 4.80 Å². The maximum Gasteiger partial charge on any atom is 0.204 e. The van der Waals surface area contributed by atoms with Gasteiger partial charge in [-0.05, 0) is 43.7 Å². The van der Waals surface area contributed by atoms with Crippen LogP contribution in [-0.4, -0.2) is 34.7 Å². The largest absolute Gasteiger partial charge is 0.327 e. The molecule has 0 unspecified atom stereocenters. The molecule has 0 bridgehead atoms. The van der Waals surface area contributed by atoms with Crippen LogP contribution in [0.3, 0.4) is 0 Å². The van der Waals surface area contributed by atoms with Crippen molar-refractivity contribution in [3.05, 3.63) is 42.4 Å². The fraction of sp³-hybridized carbons (Fsp3) is 0.278. The Morgan fingerprint density at radius 3 is 2.68 bits per heavy atom. The summed E-state index contributed by atoms with van der Waals surface area (Å²) in [5, 5.41) is 13.4. The number of tetrazole rings is 1. The number of hydrogen-bond acceptors (Lipinski definition) is 5. The maximum absolute atomic E-state index is 4.87. The second-order valence-electron chi connectivity index (χ2n) is 6.44. The van der Waals surface area contributed by atoms with Crippen LogP contribution >= 0.6 is 0 Å². The van der Waals surface area contributed by atoms with Gasteiger partial charge in [0.1, 0.15) is 0 Å². The molecule has 0 aliphatic carbocycles. The lowest BCUT2D eigenvalue weighted by Gasteiger charge is -2.13. The Morgan fingerprint density at radius 1 is 1.12 bits per heavy atom. The van der Waals surface area contributed by atoms with Crippen molar-refractivity contribution in [1.82, 2.24) is 34.7 Å². The molecule has 0 saturated carbocycles. The van der Waals surface area contributed by atoms with Gasteiger partial charge < -0.3 is 4.57 Å². The maximum atomic E-state index is 4.87. The fourth-order valence-corrected chi connectivity index (χ4v) is 2.99. The molecule has 126 valence electrons. The van der Waals surface area contributed by atoms with Gasteiger partial charge in [0, 0.05) is 17.0 Å². The van der Waals surface area contributed by atoms with Gasteiger partial charge in [-0.25, -0.2) is 9.97 Å². The zero-order chi connectivity index (χ0) is 17.6. The Labute approximate surface area is 145 Å². The van der Waals surface area contributed by atoms with Gasteiger partial charge in [0.05, 0.1) is 36.5 Å². The first-order valence-electron chi connectivity index (χ1n) is 8.21. The molecule has 3 aromatic heterocycles. The monoisotopic (exact) mass is 333 g/mol. The van der Waals surface area contributed by atoms with E-state index in [1.807, 2.05) is 24.7 Å². The lowest BCUT2D eigenvalue weighted by Crippen LogP contribution is -2.02. The minimum absolute atomic E-state index is 0.324. The molecule has 0 aliphatic rings. The van der Waals surface area contributed by atoms with Crippen molar-refractivity contribution >= 4 is 10.9 Å². The normalized spacial score (nSPS) is 11.6. The first-order valence-corrected chi connectivity index (χ1v) is 8.21. The minimum atomic E-state index is 0.324. The highest BCUT2D eigenvalue weighted by Crippen LogP contribution is 2.28. The van der Waals surface area contributed by atoms with Crippen LogP contribution < -0.4 is 0 Å². The SMILES string of the molecule is Cc1cc(-c2cncn2C(C)C)nc2cc(-c3nnn(C)n3)ccc12. The molecule has 0 amide bonds. The van der Waals surface area contributed by atoms with Gasteiger partial charge in [0.2, 0.25) is 5.82 Å². The van der Waals surface area contributed by atoms with E-state index >= 15 is 0 Å². The molecule has 0 N–H and O–H groups in total. The topological polar surface area (TPSA) is 74.3 Å². The van der Waals surface area contributed by atoms with Crippen LogP contribution in [0.4, 0.5) is 0 Å². The summed E-state index contributed by atoms with van der Waals surface area (Å²) in [6.45, 7) is 6.37. The number of aromatic nitrogens is 7. The molecule has 0 fully saturated rings. The van der Waals surface area contributed by atoms with Crippen molar-refractivity contribution in [3.8, 4) is 22.8 Å². The highest BCUT2D eigenvalue weighted by molar-refractivity contribution is 5.87. The van der Waals surface area contributed by atoms with Crippen molar-refractivity contribution in [2.75, 3.05) is 0 Å². The van der Waals surface area contributed by atoms with Crippen LogP contribution in [0.1, 0.15) is 25.5 Å². The fourth-order valence-electron chi connectivity index (χ4n) is 2.99. The van der Waals surface area contributed by atoms with E-state index in [1.54, 1.807) is 7.05 Å². The summed E-state index contributed by atoms with van der Waals surface area (Å²) in [6.07, 6.45) is 3.71. The second-order valence-corrected chi connectivity index (χ2v) is 6.44. The molecular formula is C18H19N7.